The summed E-state index contributed by atoms with van der Waals surface area (Å²) in [6.45, 7) is 1.15. The molecule has 6 heteroatoms. The Morgan fingerprint density at radius 1 is 1.39 bits per heavy atom. The van der Waals surface area contributed by atoms with Crippen LogP contribution in [0.2, 0.25) is 0 Å². The third-order valence-corrected chi connectivity index (χ3v) is 3.09. The number of hydrogen-bond acceptors (Lipinski definition) is 4. The highest BCUT2D eigenvalue weighted by atomic mass is 16.4. The van der Waals surface area contributed by atoms with Gasteiger partial charge in [-0.15, -0.1) is 0 Å². The van der Waals surface area contributed by atoms with Gasteiger partial charge in [0.1, 0.15) is 0 Å². The van der Waals surface area contributed by atoms with Crippen molar-refractivity contribution < 1.29 is 24.2 Å². The lowest BCUT2D eigenvalue weighted by molar-refractivity contribution is 0.0579. The van der Waals surface area contributed by atoms with Crippen LogP contribution in [-0.4, -0.2) is 46.7 Å². The first-order valence-corrected chi connectivity index (χ1v) is 5.85. The Morgan fingerprint density at radius 3 is 2.72 bits per heavy atom. The van der Waals surface area contributed by atoms with Crippen molar-refractivity contribution >= 4 is 11.9 Å². The van der Waals surface area contributed by atoms with Gasteiger partial charge in [-0.3, -0.25) is 4.79 Å². The zero-order valence-corrected chi connectivity index (χ0v) is 9.83. The summed E-state index contributed by atoms with van der Waals surface area (Å²) in [5.74, 6) is -1.63. The molecule has 1 amide bonds. The number of carboxylic acid groups (broad SMARTS) is 1. The molecule has 1 aromatic rings. The lowest BCUT2D eigenvalue weighted by atomic mass is 9.99. The molecule has 6 nitrogen and oxygen atoms in total. The van der Waals surface area contributed by atoms with Gasteiger partial charge in [0.05, 0.1) is 0 Å². The lowest BCUT2D eigenvalue weighted by Crippen LogP contribution is -2.40. The van der Waals surface area contributed by atoms with Gasteiger partial charge >= 0.3 is 5.97 Å². The minimum atomic E-state index is -1.19. The van der Waals surface area contributed by atoms with Crippen LogP contribution in [0, 0.1) is 5.92 Å². The van der Waals surface area contributed by atoms with E-state index in [9.17, 15) is 9.59 Å². The summed E-state index contributed by atoms with van der Waals surface area (Å²) in [7, 11) is 0. The fourth-order valence-corrected chi connectivity index (χ4v) is 2.12. The van der Waals surface area contributed by atoms with Crippen LogP contribution >= 0.6 is 0 Å². The number of carboxylic acids is 1. The van der Waals surface area contributed by atoms with Gasteiger partial charge in [0.25, 0.3) is 5.91 Å². The Morgan fingerprint density at radius 2 is 2.11 bits per heavy atom. The van der Waals surface area contributed by atoms with E-state index >= 15 is 0 Å². The zero-order valence-electron chi connectivity index (χ0n) is 9.83. The number of likely N-dealkylation sites (tertiary alicyclic amines) is 1. The Balaban J connectivity index is 2.07. The lowest BCUT2D eigenvalue weighted by Gasteiger charge is -2.31. The van der Waals surface area contributed by atoms with Crippen molar-refractivity contribution in [3.8, 4) is 0 Å². The number of piperidine rings is 1. The average molecular weight is 253 g/mol. The molecular weight excluding hydrogens is 238 g/mol. The second-order valence-corrected chi connectivity index (χ2v) is 4.41. The first kappa shape index (κ1) is 12.6. The van der Waals surface area contributed by atoms with Crippen molar-refractivity contribution in [2.45, 2.75) is 12.8 Å². The summed E-state index contributed by atoms with van der Waals surface area (Å²) in [4.78, 5) is 24.3. The van der Waals surface area contributed by atoms with E-state index in [1.165, 1.54) is 12.1 Å². The Kier molecular flexibility index (Phi) is 3.66. The second kappa shape index (κ2) is 5.22. The smallest absolute Gasteiger partial charge is 0.371 e. The van der Waals surface area contributed by atoms with Crippen LogP contribution in [-0.2, 0) is 0 Å². The van der Waals surface area contributed by atoms with E-state index < -0.39 is 5.97 Å². The highest BCUT2D eigenvalue weighted by molar-refractivity contribution is 5.93. The number of amides is 1. The Bertz CT molecular complexity index is 453. The van der Waals surface area contributed by atoms with E-state index in [4.69, 9.17) is 14.6 Å². The molecule has 1 aliphatic rings. The fraction of sp³-hybridized carbons (Fsp3) is 0.500. The van der Waals surface area contributed by atoms with Crippen LogP contribution in [0.1, 0.15) is 34.0 Å². The average Bonchev–Trinajstić information content (AvgIpc) is 2.87. The topological polar surface area (TPSA) is 91.0 Å². The predicted molar refractivity (Wildman–Crippen MR) is 61.4 cm³/mol. The predicted octanol–water partition coefficient (Wildman–Crippen LogP) is 0.822. The first-order chi connectivity index (χ1) is 8.61. The van der Waals surface area contributed by atoms with Crippen molar-refractivity contribution in [3.05, 3.63) is 23.7 Å². The monoisotopic (exact) mass is 253 g/mol. The summed E-state index contributed by atoms with van der Waals surface area (Å²) in [6, 6.07) is 2.64. The Hall–Kier alpha value is -1.82. The fourth-order valence-electron chi connectivity index (χ4n) is 2.12. The van der Waals surface area contributed by atoms with Crippen LogP contribution in [0.3, 0.4) is 0 Å². The molecule has 2 heterocycles. The third-order valence-electron chi connectivity index (χ3n) is 3.09. The number of hydrogen-bond donors (Lipinski definition) is 2. The van der Waals surface area contributed by atoms with Crippen LogP contribution in [0.5, 0.6) is 0 Å². The Labute approximate surface area is 104 Å². The summed E-state index contributed by atoms with van der Waals surface area (Å²) < 4.78 is 4.98. The maximum atomic E-state index is 12.1. The molecule has 1 aliphatic heterocycles. The molecule has 0 aliphatic carbocycles. The minimum Gasteiger partial charge on any atom is -0.475 e. The van der Waals surface area contributed by atoms with E-state index in [-0.39, 0.29) is 30.0 Å². The highest BCUT2D eigenvalue weighted by Crippen LogP contribution is 2.19. The van der Waals surface area contributed by atoms with Crippen LogP contribution in [0.25, 0.3) is 0 Å². The van der Waals surface area contributed by atoms with Crippen LogP contribution in [0.15, 0.2) is 16.5 Å². The molecule has 0 bridgehead atoms. The highest BCUT2D eigenvalue weighted by Gasteiger charge is 2.26. The molecule has 0 aromatic carbocycles. The molecule has 1 unspecified atom stereocenters. The van der Waals surface area contributed by atoms with Crippen molar-refractivity contribution in [2.75, 3.05) is 19.7 Å². The van der Waals surface area contributed by atoms with Gasteiger partial charge in [-0.25, -0.2) is 4.79 Å². The summed E-state index contributed by atoms with van der Waals surface area (Å²) >= 11 is 0. The summed E-state index contributed by atoms with van der Waals surface area (Å²) in [5, 5.41) is 17.8. The van der Waals surface area contributed by atoms with Crippen molar-refractivity contribution in [1.29, 1.82) is 0 Å². The number of furan rings is 1. The van der Waals surface area contributed by atoms with E-state index in [1.807, 2.05) is 0 Å². The van der Waals surface area contributed by atoms with Crippen LogP contribution < -0.4 is 0 Å². The number of aliphatic hydroxyl groups excluding tert-OH is 1. The van der Waals surface area contributed by atoms with Gasteiger partial charge in [0.15, 0.2) is 5.76 Å². The molecule has 0 saturated carbocycles. The summed E-state index contributed by atoms with van der Waals surface area (Å²) in [5.41, 5.74) is 0. The molecule has 0 spiro atoms. The van der Waals surface area contributed by atoms with Gasteiger partial charge in [0, 0.05) is 19.7 Å². The molecular formula is C12H15NO5. The molecule has 2 rings (SSSR count). The molecule has 1 aromatic heterocycles. The molecule has 1 fully saturated rings. The molecule has 1 atom stereocenters. The SMILES string of the molecule is O=C(O)c1ccc(C(=O)N2CCCC(CO)C2)o1. The van der Waals surface area contributed by atoms with Gasteiger partial charge in [-0.05, 0) is 30.9 Å². The number of aliphatic hydroxyl groups is 1. The van der Waals surface area contributed by atoms with Gasteiger partial charge in [-0.2, -0.15) is 0 Å². The van der Waals surface area contributed by atoms with Gasteiger partial charge < -0.3 is 19.5 Å². The van der Waals surface area contributed by atoms with E-state index in [2.05, 4.69) is 0 Å². The number of rotatable bonds is 3. The molecule has 1 saturated heterocycles. The molecule has 18 heavy (non-hydrogen) atoms. The molecule has 0 radical (unpaired) electrons. The van der Waals surface area contributed by atoms with Crippen molar-refractivity contribution in [2.24, 2.45) is 5.92 Å². The largest absolute Gasteiger partial charge is 0.475 e. The third kappa shape index (κ3) is 2.53. The second-order valence-electron chi connectivity index (χ2n) is 4.41. The quantitative estimate of drug-likeness (QED) is 0.832. The molecule has 2 N–H and O–H groups in total. The van der Waals surface area contributed by atoms with Crippen molar-refractivity contribution in [1.82, 2.24) is 4.90 Å². The first-order valence-electron chi connectivity index (χ1n) is 5.85. The number of carbonyl (C=O) groups is 2. The van der Waals surface area contributed by atoms with Crippen LogP contribution in [0.4, 0.5) is 0 Å². The number of nitrogens with zero attached hydrogens (tertiary/aromatic N) is 1. The van der Waals surface area contributed by atoms with E-state index in [0.717, 1.165) is 12.8 Å². The normalized spacial score (nSPS) is 19.8. The molecule has 98 valence electrons. The minimum absolute atomic E-state index is 0.0333. The van der Waals surface area contributed by atoms with Gasteiger partial charge in [-0.1, -0.05) is 0 Å². The van der Waals surface area contributed by atoms with Crippen molar-refractivity contribution in [3.63, 3.8) is 0 Å². The number of aromatic carboxylic acids is 1. The maximum absolute atomic E-state index is 12.1. The standard InChI is InChI=1S/C12H15NO5/c14-7-8-2-1-5-13(6-8)11(15)9-3-4-10(18-9)12(16)17/h3-4,8,14H,1-2,5-7H2,(H,16,17). The van der Waals surface area contributed by atoms with E-state index in [1.54, 1.807) is 4.90 Å². The number of carbonyl (C=O) groups excluding carboxylic acids is 1. The summed E-state index contributed by atoms with van der Waals surface area (Å²) in [6.07, 6.45) is 1.74. The zero-order chi connectivity index (χ0) is 13.1. The van der Waals surface area contributed by atoms with E-state index in [0.29, 0.717) is 13.1 Å². The van der Waals surface area contributed by atoms with Gasteiger partial charge in [0.2, 0.25) is 5.76 Å². The maximum Gasteiger partial charge on any atom is 0.371 e.